The minimum Gasteiger partial charge on any atom is -0.354 e. The summed E-state index contributed by atoms with van der Waals surface area (Å²) in [7, 11) is 0. The van der Waals surface area contributed by atoms with Crippen LogP contribution in [0.1, 0.15) is 6.42 Å². The molecule has 1 rings (SSSR count). The van der Waals surface area contributed by atoms with Crippen LogP contribution in [0.5, 0.6) is 0 Å². The average Bonchev–Trinajstić information content (AvgIpc) is 2.05. The third-order valence-corrected chi connectivity index (χ3v) is 1.21. The Labute approximate surface area is 68.8 Å². The van der Waals surface area contributed by atoms with Gasteiger partial charge in [0.25, 0.3) is 0 Å². The van der Waals surface area contributed by atoms with Crippen LogP contribution in [0.2, 0.25) is 0 Å². The van der Waals surface area contributed by atoms with E-state index in [1.165, 1.54) is 0 Å². The Kier molecular flexibility index (Phi) is 3.37. The zero-order chi connectivity index (χ0) is 8.81. The van der Waals surface area contributed by atoms with Crippen LogP contribution in [0.15, 0.2) is 18.5 Å². The molecule has 0 aromatic carbocycles. The first-order chi connectivity index (χ1) is 5.79. The van der Waals surface area contributed by atoms with Gasteiger partial charge in [0.15, 0.2) is 0 Å². The van der Waals surface area contributed by atoms with Crippen molar-refractivity contribution in [3.8, 4) is 0 Å². The molecule has 1 heterocycles. The summed E-state index contributed by atoms with van der Waals surface area (Å²) in [6.07, 6.45) is 0.648. The van der Waals surface area contributed by atoms with Gasteiger partial charge < -0.3 is 5.32 Å². The summed E-state index contributed by atoms with van der Waals surface area (Å²) < 4.78 is 23.3. The van der Waals surface area contributed by atoms with Gasteiger partial charge >= 0.3 is 0 Å². The summed E-state index contributed by atoms with van der Waals surface area (Å²) in [5.41, 5.74) is 0. The van der Waals surface area contributed by atoms with Gasteiger partial charge in [0.1, 0.15) is 0 Å². The number of anilines is 1. The molecule has 0 aliphatic carbocycles. The molecule has 0 saturated carbocycles. The molecule has 0 radical (unpaired) electrons. The molecule has 1 aromatic heterocycles. The molecule has 0 fully saturated rings. The van der Waals surface area contributed by atoms with Gasteiger partial charge in [0, 0.05) is 25.4 Å². The third kappa shape index (κ3) is 3.23. The maximum Gasteiger partial charge on any atom is 0.240 e. The summed E-state index contributed by atoms with van der Waals surface area (Å²) in [6, 6.07) is 1.66. The number of nitrogens with one attached hydrogen (secondary N) is 1. The largest absolute Gasteiger partial charge is 0.354 e. The Balaban J connectivity index is 2.25. The van der Waals surface area contributed by atoms with E-state index in [9.17, 15) is 8.78 Å². The maximum atomic E-state index is 11.7. The van der Waals surface area contributed by atoms with Gasteiger partial charge in [-0.1, -0.05) is 0 Å². The molecule has 0 saturated heterocycles. The van der Waals surface area contributed by atoms with Crippen LogP contribution in [0.3, 0.4) is 0 Å². The number of nitrogens with zero attached hydrogens (tertiary/aromatic N) is 2. The zero-order valence-electron chi connectivity index (χ0n) is 6.37. The summed E-state index contributed by atoms with van der Waals surface area (Å²) in [5.74, 6) is 0.387. The van der Waals surface area contributed by atoms with E-state index in [-0.39, 0.29) is 13.0 Å². The predicted octanol–water partition coefficient (Wildman–Crippen LogP) is 1.54. The summed E-state index contributed by atoms with van der Waals surface area (Å²) in [5, 5.41) is 2.67. The highest BCUT2D eigenvalue weighted by Crippen LogP contribution is 1.99. The van der Waals surface area contributed by atoms with E-state index in [4.69, 9.17) is 0 Å². The number of alkyl halides is 2. The van der Waals surface area contributed by atoms with Crippen LogP contribution >= 0.6 is 0 Å². The van der Waals surface area contributed by atoms with E-state index >= 15 is 0 Å². The van der Waals surface area contributed by atoms with Crippen molar-refractivity contribution >= 4 is 5.95 Å². The van der Waals surface area contributed by atoms with E-state index < -0.39 is 6.43 Å². The van der Waals surface area contributed by atoms with Gasteiger partial charge in [-0.3, -0.25) is 0 Å². The van der Waals surface area contributed by atoms with E-state index in [1.54, 1.807) is 18.5 Å². The van der Waals surface area contributed by atoms with Gasteiger partial charge in [-0.15, -0.1) is 0 Å². The van der Waals surface area contributed by atoms with E-state index in [0.29, 0.717) is 5.95 Å². The Morgan fingerprint density at radius 1 is 1.33 bits per heavy atom. The average molecular weight is 173 g/mol. The van der Waals surface area contributed by atoms with E-state index in [1.807, 2.05) is 0 Å². The van der Waals surface area contributed by atoms with Crippen molar-refractivity contribution in [1.29, 1.82) is 0 Å². The number of rotatable bonds is 4. The highest BCUT2D eigenvalue weighted by molar-refractivity contribution is 5.21. The van der Waals surface area contributed by atoms with Crippen molar-refractivity contribution in [3.05, 3.63) is 18.5 Å². The molecule has 0 unspecified atom stereocenters. The number of hydrogen-bond donors (Lipinski definition) is 1. The summed E-state index contributed by atoms with van der Waals surface area (Å²) >= 11 is 0. The number of hydrogen-bond acceptors (Lipinski definition) is 3. The van der Waals surface area contributed by atoms with Crippen LogP contribution in [0.25, 0.3) is 0 Å². The van der Waals surface area contributed by atoms with Crippen LogP contribution < -0.4 is 5.32 Å². The minimum absolute atomic E-state index is 0.182. The molecule has 0 aliphatic heterocycles. The van der Waals surface area contributed by atoms with Crippen LogP contribution in [-0.2, 0) is 0 Å². The highest BCUT2D eigenvalue weighted by atomic mass is 19.3. The first-order valence-electron chi connectivity index (χ1n) is 3.58. The van der Waals surface area contributed by atoms with Gasteiger partial charge in [-0.2, -0.15) is 0 Å². The summed E-state index contributed by atoms with van der Waals surface area (Å²) in [6.45, 7) is 0.196. The second-order valence-corrected chi connectivity index (χ2v) is 2.18. The second-order valence-electron chi connectivity index (χ2n) is 2.18. The molecule has 66 valence electrons. The predicted molar refractivity (Wildman–Crippen MR) is 41.1 cm³/mol. The number of halogens is 2. The SMILES string of the molecule is FC(F)CCNc1ncccn1. The van der Waals surface area contributed by atoms with Gasteiger partial charge in [0.05, 0.1) is 0 Å². The molecule has 1 aromatic rings. The second kappa shape index (κ2) is 4.58. The lowest BCUT2D eigenvalue weighted by atomic mass is 10.4. The van der Waals surface area contributed by atoms with Crippen molar-refractivity contribution < 1.29 is 8.78 Å². The van der Waals surface area contributed by atoms with Gasteiger partial charge in [-0.05, 0) is 6.07 Å². The molecular weight excluding hydrogens is 164 g/mol. The van der Waals surface area contributed by atoms with Crippen LogP contribution in [0.4, 0.5) is 14.7 Å². The lowest BCUT2D eigenvalue weighted by Crippen LogP contribution is -2.08. The van der Waals surface area contributed by atoms with Crippen molar-refractivity contribution in [2.24, 2.45) is 0 Å². The maximum absolute atomic E-state index is 11.7. The summed E-state index contributed by atoms with van der Waals surface area (Å²) in [4.78, 5) is 7.62. The first-order valence-corrected chi connectivity index (χ1v) is 3.58. The minimum atomic E-state index is -2.28. The van der Waals surface area contributed by atoms with Gasteiger partial charge in [0.2, 0.25) is 12.4 Å². The molecule has 0 atom stereocenters. The fourth-order valence-corrected chi connectivity index (χ4v) is 0.683. The Hall–Kier alpha value is -1.26. The quantitative estimate of drug-likeness (QED) is 0.750. The molecular formula is C7H9F2N3. The van der Waals surface area contributed by atoms with Crippen LogP contribution in [0, 0.1) is 0 Å². The first kappa shape index (κ1) is 8.83. The molecule has 0 bridgehead atoms. The van der Waals surface area contributed by atoms with Crippen molar-refractivity contribution in [3.63, 3.8) is 0 Å². The lowest BCUT2D eigenvalue weighted by Gasteiger charge is -2.02. The van der Waals surface area contributed by atoms with Crippen molar-refractivity contribution in [2.75, 3.05) is 11.9 Å². The van der Waals surface area contributed by atoms with E-state index in [0.717, 1.165) is 0 Å². The molecule has 0 spiro atoms. The van der Waals surface area contributed by atoms with Gasteiger partial charge in [-0.25, -0.2) is 18.7 Å². The Morgan fingerprint density at radius 3 is 2.58 bits per heavy atom. The van der Waals surface area contributed by atoms with E-state index in [2.05, 4.69) is 15.3 Å². The standard InChI is InChI=1S/C7H9F2N3/c8-6(9)2-5-12-7-10-3-1-4-11-7/h1,3-4,6H,2,5H2,(H,10,11,12). The molecule has 3 nitrogen and oxygen atoms in total. The lowest BCUT2D eigenvalue weighted by molar-refractivity contribution is 0.142. The molecule has 1 N–H and O–H groups in total. The molecule has 0 amide bonds. The fraction of sp³-hybridized carbons (Fsp3) is 0.429. The smallest absolute Gasteiger partial charge is 0.240 e. The zero-order valence-corrected chi connectivity index (χ0v) is 6.37. The highest BCUT2D eigenvalue weighted by Gasteiger charge is 2.01. The Morgan fingerprint density at radius 2 is 2.00 bits per heavy atom. The van der Waals surface area contributed by atoms with Crippen molar-refractivity contribution in [2.45, 2.75) is 12.8 Å². The molecule has 5 heteroatoms. The topological polar surface area (TPSA) is 37.8 Å². The third-order valence-electron chi connectivity index (χ3n) is 1.21. The Bertz CT molecular complexity index is 215. The molecule has 0 aliphatic rings. The van der Waals surface area contributed by atoms with Crippen molar-refractivity contribution in [1.82, 2.24) is 9.97 Å². The monoisotopic (exact) mass is 173 g/mol. The number of aromatic nitrogens is 2. The molecule has 12 heavy (non-hydrogen) atoms. The normalized spacial score (nSPS) is 10.2. The van der Waals surface area contributed by atoms with Crippen LogP contribution in [-0.4, -0.2) is 22.9 Å². The fourth-order valence-electron chi connectivity index (χ4n) is 0.683.